The van der Waals surface area contributed by atoms with Crippen molar-refractivity contribution in [3.05, 3.63) is 23.2 Å². The second-order valence-corrected chi connectivity index (χ2v) is 4.43. The number of nitrogens with two attached hydrogens (primary N) is 1. The second kappa shape index (κ2) is 4.79. The number of benzene rings is 1. The van der Waals surface area contributed by atoms with Gasteiger partial charge in [0.2, 0.25) is 0 Å². The third-order valence-corrected chi connectivity index (χ3v) is 3.25. The molecule has 0 radical (unpaired) electrons. The zero-order valence-electron chi connectivity index (χ0n) is 8.16. The lowest BCUT2D eigenvalue weighted by Crippen LogP contribution is -2.08. The summed E-state index contributed by atoms with van der Waals surface area (Å²) in [5, 5.41) is 5.01. The average molecular weight is 242 g/mol. The van der Waals surface area contributed by atoms with Gasteiger partial charge in [-0.2, -0.15) is 4.37 Å². The lowest BCUT2D eigenvalue weighted by molar-refractivity contribution is 0.873. The Labute approximate surface area is 97.4 Å². The van der Waals surface area contributed by atoms with Crippen LogP contribution in [0.5, 0.6) is 0 Å². The molecule has 0 unspecified atom stereocenters. The van der Waals surface area contributed by atoms with Crippen molar-refractivity contribution in [1.29, 1.82) is 0 Å². The highest BCUT2D eigenvalue weighted by Gasteiger charge is 2.08. The predicted octanol–water partition coefficient (Wildman–Crippen LogP) is 2.71. The lowest BCUT2D eigenvalue weighted by Gasteiger charge is -2.02. The quantitative estimate of drug-likeness (QED) is 0.810. The molecule has 1 aromatic carbocycles. The molecule has 15 heavy (non-hydrogen) atoms. The highest BCUT2D eigenvalue weighted by molar-refractivity contribution is 7.13. The minimum absolute atomic E-state index is 0.683. The molecular weight excluding hydrogens is 230 g/mol. The van der Waals surface area contributed by atoms with Crippen molar-refractivity contribution in [3.63, 3.8) is 0 Å². The van der Waals surface area contributed by atoms with Gasteiger partial charge in [-0.3, -0.25) is 0 Å². The van der Waals surface area contributed by atoms with E-state index < -0.39 is 0 Å². The fraction of sp³-hybridized carbons (Fsp3) is 0.300. The Morgan fingerprint density at radius 3 is 3.13 bits per heavy atom. The summed E-state index contributed by atoms with van der Waals surface area (Å²) in [5.41, 5.74) is 5.43. The number of anilines is 1. The average Bonchev–Trinajstić information content (AvgIpc) is 2.63. The molecule has 80 valence electrons. The maximum atomic E-state index is 6.12. The third-order valence-electron chi connectivity index (χ3n) is 2.12. The van der Waals surface area contributed by atoms with E-state index in [1.54, 1.807) is 0 Å². The van der Waals surface area contributed by atoms with Crippen molar-refractivity contribution >= 4 is 39.0 Å². The van der Waals surface area contributed by atoms with Gasteiger partial charge < -0.3 is 11.1 Å². The van der Waals surface area contributed by atoms with E-state index in [2.05, 4.69) is 9.69 Å². The standard InChI is InChI=1S/C10H12ClN3S/c11-7-3-1-4-8-9(7)10(14-15-8)13-6-2-5-12/h1,3-4H,2,5-6,12H2,(H,13,14). The Hall–Kier alpha value is -0.840. The van der Waals surface area contributed by atoms with Crippen LogP contribution in [0.2, 0.25) is 5.02 Å². The first-order valence-corrected chi connectivity index (χ1v) is 5.96. The first-order chi connectivity index (χ1) is 7.33. The smallest absolute Gasteiger partial charge is 0.149 e. The molecule has 0 bridgehead atoms. The molecule has 3 N–H and O–H groups in total. The fourth-order valence-corrected chi connectivity index (χ4v) is 2.48. The Balaban J connectivity index is 2.27. The molecule has 0 fully saturated rings. The summed E-state index contributed by atoms with van der Waals surface area (Å²) in [6, 6.07) is 5.84. The number of aromatic nitrogens is 1. The van der Waals surface area contributed by atoms with Crippen LogP contribution in [0.25, 0.3) is 10.1 Å². The van der Waals surface area contributed by atoms with Crippen LogP contribution in [0.1, 0.15) is 6.42 Å². The molecule has 1 heterocycles. The van der Waals surface area contributed by atoms with Crippen LogP contribution in [0.4, 0.5) is 5.82 Å². The zero-order valence-corrected chi connectivity index (χ0v) is 9.74. The molecule has 5 heteroatoms. The molecule has 0 aliphatic rings. The number of hydrogen-bond donors (Lipinski definition) is 2. The van der Waals surface area contributed by atoms with E-state index in [0.29, 0.717) is 6.54 Å². The topological polar surface area (TPSA) is 50.9 Å². The van der Waals surface area contributed by atoms with Crippen LogP contribution >= 0.6 is 23.1 Å². The molecule has 3 nitrogen and oxygen atoms in total. The maximum absolute atomic E-state index is 6.12. The molecule has 2 rings (SSSR count). The first-order valence-electron chi connectivity index (χ1n) is 4.81. The number of rotatable bonds is 4. The van der Waals surface area contributed by atoms with Crippen LogP contribution in [0.3, 0.4) is 0 Å². The van der Waals surface area contributed by atoms with Gasteiger partial charge in [0.05, 0.1) is 15.1 Å². The van der Waals surface area contributed by atoms with Gasteiger partial charge in [0.15, 0.2) is 0 Å². The minimum Gasteiger partial charge on any atom is -0.369 e. The van der Waals surface area contributed by atoms with Crippen molar-refractivity contribution < 1.29 is 0 Å². The van der Waals surface area contributed by atoms with E-state index in [-0.39, 0.29) is 0 Å². The number of halogens is 1. The Morgan fingerprint density at radius 1 is 1.47 bits per heavy atom. The normalized spacial score (nSPS) is 10.8. The minimum atomic E-state index is 0.683. The van der Waals surface area contributed by atoms with Crippen LogP contribution in [-0.2, 0) is 0 Å². The first kappa shape index (κ1) is 10.7. The second-order valence-electron chi connectivity index (χ2n) is 3.21. The highest BCUT2D eigenvalue weighted by Crippen LogP contribution is 2.32. The van der Waals surface area contributed by atoms with E-state index in [4.69, 9.17) is 17.3 Å². The van der Waals surface area contributed by atoms with E-state index in [1.807, 2.05) is 18.2 Å². The number of hydrogen-bond acceptors (Lipinski definition) is 4. The summed E-state index contributed by atoms with van der Waals surface area (Å²) in [6.45, 7) is 1.52. The zero-order chi connectivity index (χ0) is 10.7. The summed E-state index contributed by atoms with van der Waals surface area (Å²) in [6.07, 6.45) is 0.934. The number of nitrogens with one attached hydrogen (secondary N) is 1. The predicted molar refractivity (Wildman–Crippen MR) is 66.8 cm³/mol. The summed E-state index contributed by atoms with van der Waals surface area (Å²) in [4.78, 5) is 0. The maximum Gasteiger partial charge on any atom is 0.149 e. The molecule has 0 saturated carbocycles. The summed E-state index contributed by atoms with van der Waals surface area (Å²) in [5.74, 6) is 0.869. The highest BCUT2D eigenvalue weighted by atomic mass is 35.5. The monoisotopic (exact) mass is 241 g/mol. The Morgan fingerprint density at radius 2 is 2.33 bits per heavy atom. The van der Waals surface area contributed by atoms with Gasteiger partial charge >= 0.3 is 0 Å². The SMILES string of the molecule is NCCCNc1nsc2cccc(Cl)c12. The van der Waals surface area contributed by atoms with Crippen LogP contribution in [-0.4, -0.2) is 17.5 Å². The van der Waals surface area contributed by atoms with Gasteiger partial charge in [-0.1, -0.05) is 17.7 Å². The molecule has 0 aliphatic heterocycles. The summed E-state index contributed by atoms with van der Waals surface area (Å²) >= 11 is 7.58. The van der Waals surface area contributed by atoms with Gasteiger partial charge in [0.1, 0.15) is 5.82 Å². The van der Waals surface area contributed by atoms with E-state index in [1.165, 1.54) is 11.5 Å². The summed E-state index contributed by atoms with van der Waals surface area (Å²) in [7, 11) is 0. The Bertz CT molecular complexity index is 455. The van der Waals surface area contributed by atoms with Crippen LogP contribution in [0.15, 0.2) is 18.2 Å². The molecule has 0 spiro atoms. The van der Waals surface area contributed by atoms with Gasteiger partial charge in [0.25, 0.3) is 0 Å². The van der Waals surface area contributed by atoms with Gasteiger partial charge in [-0.25, -0.2) is 0 Å². The molecular formula is C10H12ClN3S. The molecule has 0 amide bonds. The Kier molecular flexibility index (Phi) is 3.41. The number of fused-ring (bicyclic) bond motifs is 1. The number of nitrogens with zero attached hydrogens (tertiary/aromatic N) is 1. The molecule has 0 aliphatic carbocycles. The summed E-state index contributed by atoms with van der Waals surface area (Å²) < 4.78 is 5.44. The van der Waals surface area contributed by atoms with Crippen molar-refractivity contribution in [2.24, 2.45) is 5.73 Å². The van der Waals surface area contributed by atoms with E-state index >= 15 is 0 Å². The van der Waals surface area contributed by atoms with Gasteiger partial charge in [-0.15, -0.1) is 0 Å². The van der Waals surface area contributed by atoms with Crippen molar-refractivity contribution in [1.82, 2.24) is 4.37 Å². The van der Waals surface area contributed by atoms with Crippen molar-refractivity contribution in [2.75, 3.05) is 18.4 Å². The lowest BCUT2D eigenvalue weighted by atomic mass is 10.2. The van der Waals surface area contributed by atoms with E-state index in [0.717, 1.165) is 33.9 Å². The molecule has 0 atom stereocenters. The van der Waals surface area contributed by atoms with Crippen molar-refractivity contribution in [2.45, 2.75) is 6.42 Å². The third kappa shape index (κ3) is 2.22. The molecule has 0 saturated heterocycles. The van der Waals surface area contributed by atoms with E-state index in [9.17, 15) is 0 Å². The van der Waals surface area contributed by atoms with Gasteiger partial charge in [-0.05, 0) is 36.6 Å². The largest absolute Gasteiger partial charge is 0.369 e. The van der Waals surface area contributed by atoms with Crippen LogP contribution in [0, 0.1) is 0 Å². The molecule has 2 aromatic rings. The van der Waals surface area contributed by atoms with Gasteiger partial charge in [0, 0.05) is 6.54 Å². The molecule has 1 aromatic heterocycles. The van der Waals surface area contributed by atoms with Crippen molar-refractivity contribution in [3.8, 4) is 0 Å². The fourth-order valence-electron chi connectivity index (χ4n) is 1.38. The van der Waals surface area contributed by atoms with Crippen LogP contribution < -0.4 is 11.1 Å².